The number of alkyl halides is 3. The second kappa shape index (κ2) is 6.08. The standard InChI is InChI=1S/C10H10F3IN2O/c11-10(12,13)6-16-9(17)5-15-8-3-1-7(14)2-4-8/h1-4,15H,5-6H2,(H,16,17). The van der Waals surface area contributed by atoms with Crippen LogP contribution in [0.15, 0.2) is 24.3 Å². The van der Waals surface area contributed by atoms with Gasteiger partial charge in [0.05, 0.1) is 6.54 Å². The summed E-state index contributed by atoms with van der Waals surface area (Å²) >= 11 is 2.13. The minimum Gasteiger partial charge on any atom is -0.376 e. The van der Waals surface area contributed by atoms with E-state index in [0.717, 1.165) is 3.57 Å². The van der Waals surface area contributed by atoms with E-state index in [1.165, 1.54) is 0 Å². The van der Waals surface area contributed by atoms with Crippen molar-refractivity contribution in [2.45, 2.75) is 6.18 Å². The third-order valence-electron chi connectivity index (χ3n) is 1.78. The minimum absolute atomic E-state index is 0.184. The summed E-state index contributed by atoms with van der Waals surface area (Å²) < 4.78 is 36.4. The number of anilines is 1. The van der Waals surface area contributed by atoms with Gasteiger partial charge in [-0.25, -0.2) is 0 Å². The van der Waals surface area contributed by atoms with Crippen LogP contribution in [0.2, 0.25) is 0 Å². The van der Waals surface area contributed by atoms with Crippen LogP contribution in [0, 0.1) is 3.57 Å². The molecule has 0 radical (unpaired) electrons. The molecule has 1 amide bonds. The Balaban J connectivity index is 2.31. The lowest BCUT2D eigenvalue weighted by molar-refractivity contribution is -0.137. The Kier molecular flexibility index (Phi) is 5.03. The van der Waals surface area contributed by atoms with Crippen molar-refractivity contribution >= 4 is 34.2 Å². The summed E-state index contributed by atoms with van der Waals surface area (Å²) in [4.78, 5) is 11.1. The van der Waals surface area contributed by atoms with E-state index < -0.39 is 18.6 Å². The molecule has 0 aliphatic heterocycles. The van der Waals surface area contributed by atoms with Gasteiger partial charge in [0, 0.05) is 9.26 Å². The molecular weight excluding hydrogens is 348 g/mol. The van der Waals surface area contributed by atoms with Crippen molar-refractivity contribution in [3.8, 4) is 0 Å². The summed E-state index contributed by atoms with van der Waals surface area (Å²) in [6.07, 6.45) is -4.38. The lowest BCUT2D eigenvalue weighted by atomic mass is 10.3. The molecule has 1 aromatic rings. The van der Waals surface area contributed by atoms with Crippen molar-refractivity contribution in [1.29, 1.82) is 0 Å². The smallest absolute Gasteiger partial charge is 0.376 e. The Hall–Kier alpha value is -0.990. The molecule has 0 saturated carbocycles. The van der Waals surface area contributed by atoms with Gasteiger partial charge in [0.2, 0.25) is 5.91 Å². The topological polar surface area (TPSA) is 41.1 Å². The highest BCUT2D eigenvalue weighted by molar-refractivity contribution is 14.1. The van der Waals surface area contributed by atoms with E-state index in [9.17, 15) is 18.0 Å². The van der Waals surface area contributed by atoms with Crippen LogP contribution in [0.3, 0.4) is 0 Å². The van der Waals surface area contributed by atoms with E-state index in [0.29, 0.717) is 5.69 Å². The number of hydrogen-bond donors (Lipinski definition) is 2. The quantitative estimate of drug-likeness (QED) is 0.812. The number of nitrogens with one attached hydrogen (secondary N) is 2. The summed E-state index contributed by atoms with van der Waals surface area (Å²) in [6, 6.07) is 7.16. The van der Waals surface area contributed by atoms with E-state index in [4.69, 9.17) is 0 Å². The maximum absolute atomic E-state index is 11.8. The Morgan fingerprint density at radius 1 is 1.24 bits per heavy atom. The van der Waals surface area contributed by atoms with Crippen LogP contribution in [0.4, 0.5) is 18.9 Å². The van der Waals surface area contributed by atoms with Gasteiger partial charge >= 0.3 is 6.18 Å². The summed E-state index contributed by atoms with van der Waals surface area (Å²) in [6.45, 7) is -1.49. The van der Waals surface area contributed by atoms with Crippen molar-refractivity contribution in [1.82, 2.24) is 5.32 Å². The van der Waals surface area contributed by atoms with Crippen molar-refractivity contribution in [2.24, 2.45) is 0 Å². The Morgan fingerprint density at radius 3 is 2.35 bits per heavy atom. The van der Waals surface area contributed by atoms with Crippen LogP contribution in [0.25, 0.3) is 0 Å². The van der Waals surface area contributed by atoms with Crippen molar-refractivity contribution in [3.05, 3.63) is 27.8 Å². The molecule has 7 heteroatoms. The lowest BCUT2D eigenvalue weighted by Crippen LogP contribution is -2.37. The predicted octanol–water partition coefficient (Wildman–Crippen LogP) is 2.38. The highest BCUT2D eigenvalue weighted by Gasteiger charge is 2.27. The Bertz CT molecular complexity index is 378. The number of benzene rings is 1. The van der Waals surface area contributed by atoms with E-state index in [1.807, 2.05) is 12.1 Å². The molecule has 0 fully saturated rings. The van der Waals surface area contributed by atoms with Crippen molar-refractivity contribution < 1.29 is 18.0 Å². The largest absolute Gasteiger partial charge is 0.405 e. The van der Waals surface area contributed by atoms with Crippen LogP contribution in [-0.2, 0) is 4.79 Å². The number of carbonyl (C=O) groups excluding carboxylic acids is 1. The first-order chi connectivity index (χ1) is 7.87. The summed E-state index contributed by atoms with van der Waals surface area (Å²) in [7, 11) is 0. The van der Waals surface area contributed by atoms with Crippen molar-refractivity contribution in [2.75, 3.05) is 18.4 Å². The molecule has 0 spiro atoms. The van der Waals surface area contributed by atoms with Crippen LogP contribution in [0.1, 0.15) is 0 Å². The predicted molar refractivity (Wildman–Crippen MR) is 66.7 cm³/mol. The van der Waals surface area contributed by atoms with Gasteiger partial charge in [0.1, 0.15) is 6.54 Å². The molecule has 94 valence electrons. The average Bonchev–Trinajstić information content (AvgIpc) is 2.25. The maximum atomic E-state index is 11.8. The van der Waals surface area contributed by atoms with E-state index in [2.05, 4.69) is 27.9 Å². The second-order valence-electron chi connectivity index (χ2n) is 3.25. The molecule has 0 aliphatic rings. The second-order valence-corrected chi connectivity index (χ2v) is 4.50. The third kappa shape index (κ3) is 6.35. The van der Waals surface area contributed by atoms with Gasteiger partial charge in [-0.05, 0) is 46.9 Å². The lowest BCUT2D eigenvalue weighted by Gasteiger charge is -2.09. The first-order valence-electron chi connectivity index (χ1n) is 4.70. The number of carbonyl (C=O) groups is 1. The number of hydrogen-bond acceptors (Lipinski definition) is 2. The third-order valence-corrected chi connectivity index (χ3v) is 2.50. The van der Waals surface area contributed by atoms with Gasteiger partial charge in [0.15, 0.2) is 0 Å². The normalized spacial score (nSPS) is 11.1. The number of amides is 1. The van der Waals surface area contributed by atoms with Crippen LogP contribution in [0.5, 0.6) is 0 Å². The van der Waals surface area contributed by atoms with Crippen LogP contribution in [-0.4, -0.2) is 25.2 Å². The zero-order valence-corrected chi connectivity index (χ0v) is 10.8. The van der Waals surface area contributed by atoms with Gasteiger partial charge in [-0.3, -0.25) is 4.79 Å². The molecule has 0 saturated heterocycles. The maximum Gasteiger partial charge on any atom is 0.405 e. The zero-order valence-electron chi connectivity index (χ0n) is 8.64. The molecule has 2 N–H and O–H groups in total. The zero-order chi connectivity index (χ0) is 12.9. The molecule has 0 unspecified atom stereocenters. The average molecular weight is 358 g/mol. The van der Waals surface area contributed by atoms with E-state index >= 15 is 0 Å². The molecule has 1 rings (SSSR count). The Labute approximate surface area is 110 Å². The van der Waals surface area contributed by atoms with Gasteiger partial charge in [-0.1, -0.05) is 0 Å². The van der Waals surface area contributed by atoms with Crippen LogP contribution < -0.4 is 10.6 Å². The van der Waals surface area contributed by atoms with Gasteiger partial charge in [0.25, 0.3) is 0 Å². The summed E-state index contributed by atoms with van der Waals surface area (Å²) in [5.74, 6) is -0.694. The highest BCUT2D eigenvalue weighted by Crippen LogP contribution is 2.12. The molecule has 0 aliphatic carbocycles. The fourth-order valence-corrected chi connectivity index (χ4v) is 1.37. The summed E-state index contributed by atoms with van der Waals surface area (Å²) in [5.41, 5.74) is 0.688. The molecular formula is C10H10F3IN2O. The summed E-state index contributed by atoms with van der Waals surface area (Å²) in [5, 5.41) is 4.50. The minimum atomic E-state index is -4.38. The molecule has 0 bridgehead atoms. The van der Waals surface area contributed by atoms with Crippen LogP contribution >= 0.6 is 22.6 Å². The number of halogens is 4. The first-order valence-corrected chi connectivity index (χ1v) is 5.77. The molecule has 3 nitrogen and oxygen atoms in total. The van der Waals surface area contributed by atoms with E-state index in [-0.39, 0.29) is 6.54 Å². The van der Waals surface area contributed by atoms with Crippen molar-refractivity contribution in [3.63, 3.8) is 0 Å². The molecule has 0 aromatic heterocycles. The molecule has 1 aromatic carbocycles. The SMILES string of the molecule is O=C(CNc1ccc(I)cc1)NCC(F)(F)F. The molecule has 0 atom stereocenters. The van der Waals surface area contributed by atoms with E-state index in [1.54, 1.807) is 17.4 Å². The first kappa shape index (κ1) is 14.1. The van der Waals surface area contributed by atoms with Gasteiger partial charge < -0.3 is 10.6 Å². The Morgan fingerprint density at radius 2 is 1.82 bits per heavy atom. The van der Waals surface area contributed by atoms with Gasteiger partial charge in [-0.2, -0.15) is 13.2 Å². The molecule has 0 heterocycles. The fraction of sp³-hybridized carbons (Fsp3) is 0.300. The fourth-order valence-electron chi connectivity index (χ4n) is 1.01. The molecule has 17 heavy (non-hydrogen) atoms. The van der Waals surface area contributed by atoms with Gasteiger partial charge in [-0.15, -0.1) is 0 Å². The monoisotopic (exact) mass is 358 g/mol. The number of rotatable bonds is 4. The highest BCUT2D eigenvalue weighted by atomic mass is 127.